The lowest BCUT2D eigenvalue weighted by Gasteiger charge is -2.19. The lowest BCUT2D eigenvalue weighted by Crippen LogP contribution is -2.03. The molecule has 0 aromatic heterocycles. The van der Waals surface area contributed by atoms with Gasteiger partial charge in [-0.15, -0.1) is 0 Å². The van der Waals surface area contributed by atoms with Crippen molar-refractivity contribution in [1.82, 2.24) is 0 Å². The number of hydrogen-bond donors (Lipinski definition) is 0. The Balaban J connectivity index is 1.65. The predicted octanol–water partition coefficient (Wildman–Crippen LogP) is 8.85. The molecule has 0 unspecified atom stereocenters. The summed E-state index contributed by atoms with van der Waals surface area (Å²) in [5.74, 6) is 0.999. The van der Waals surface area contributed by atoms with Crippen LogP contribution in [0.4, 0.5) is 0 Å². The first-order chi connectivity index (χ1) is 17.1. The molecule has 0 fully saturated rings. The molecule has 0 aliphatic rings. The molecule has 0 heterocycles. The van der Waals surface area contributed by atoms with Crippen molar-refractivity contribution in [3.8, 4) is 16.9 Å². The average Bonchev–Trinajstić information content (AvgIpc) is 2.87. The van der Waals surface area contributed by atoms with E-state index in [9.17, 15) is 0 Å². The maximum atomic E-state index is 6.38. The highest BCUT2D eigenvalue weighted by atomic mass is 16.5. The van der Waals surface area contributed by atoms with Crippen LogP contribution in [0.3, 0.4) is 0 Å². The molecule has 0 bridgehead atoms. The molecule has 4 aromatic rings. The van der Waals surface area contributed by atoms with Crippen LogP contribution in [0.25, 0.3) is 11.1 Å². The third-order valence-electron chi connectivity index (χ3n) is 6.79. The fourth-order valence-corrected chi connectivity index (χ4v) is 5.09. The van der Waals surface area contributed by atoms with Gasteiger partial charge in [0.15, 0.2) is 0 Å². The molecular formula is C34H38O. The van der Waals surface area contributed by atoms with Gasteiger partial charge in [0.25, 0.3) is 0 Å². The Morgan fingerprint density at radius 3 is 1.91 bits per heavy atom. The fourth-order valence-electron chi connectivity index (χ4n) is 5.09. The Labute approximate surface area is 211 Å². The Kier molecular flexibility index (Phi) is 8.42. The second-order valence-corrected chi connectivity index (χ2v) is 9.60. The molecular weight excluding hydrogens is 424 g/mol. The number of ether oxygens (including phenoxy) is 1. The van der Waals surface area contributed by atoms with Crippen molar-refractivity contribution in [2.45, 2.75) is 66.4 Å². The summed E-state index contributed by atoms with van der Waals surface area (Å²) in [6, 6.07) is 30.9. The van der Waals surface area contributed by atoms with Gasteiger partial charge in [0.05, 0.1) is 0 Å². The zero-order valence-electron chi connectivity index (χ0n) is 21.7. The molecule has 0 aliphatic carbocycles. The van der Waals surface area contributed by atoms with Crippen molar-refractivity contribution in [1.29, 1.82) is 0 Å². The third-order valence-corrected chi connectivity index (χ3v) is 6.79. The van der Waals surface area contributed by atoms with Crippen LogP contribution in [0.2, 0.25) is 0 Å². The van der Waals surface area contributed by atoms with Gasteiger partial charge in [-0.3, -0.25) is 0 Å². The van der Waals surface area contributed by atoms with E-state index in [4.69, 9.17) is 4.74 Å². The zero-order valence-corrected chi connectivity index (χ0v) is 21.7. The molecule has 0 saturated heterocycles. The van der Waals surface area contributed by atoms with Crippen molar-refractivity contribution in [2.75, 3.05) is 0 Å². The fraction of sp³-hybridized carbons (Fsp3) is 0.294. The molecule has 0 radical (unpaired) electrons. The minimum Gasteiger partial charge on any atom is -0.489 e. The predicted molar refractivity (Wildman–Crippen MR) is 149 cm³/mol. The smallest absolute Gasteiger partial charge is 0.123 e. The van der Waals surface area contributed by atoms with E-state index in [1.807, 2.05) is 0 Å². The van der Waals surface area contributed by atoms with Gasteiger partial charge in [-0.1, -0.05) is 110 Å². The second kappa shape index (κ2) is 11.9. The summed E-state index contributed by atoms with van der Waals surface area (Å²) in [4.78, 5) is 0. The van der Waals surface area contributed by atoms with E-state index in [0.29, 0.717) is 6.61 Å². The SMILES string of the molecule is CCCc1c(CCc2cccc(C)c2)cccc1-c1cccc(OCc2cccc(C)c2)c1CC. The van der Waals surface area contributed by atoms with E-state index in [1.165, 1.54) is 50.1 Å². The quantitative estimate of drug-likeness (QED) is 0.229. The first-order valence-corrected chi connectivity index (χ1v) is 13.1. The van der Waals surface area contributed by atoms with E-state index in [1.54, 1.807) is 0 Å². The lowest BCUT2D eigenvalue weighted by atomic mass is 9.87. The van der Waals surface area contributed by atoms with Crippen LogP contribution in [0.15, 0.2) is 84.9 Å². The van der Waals surface area contributed by atoms with E-state index in [2.05, 4.69) is 113 Å². The maximum absolute atomic E-state index is 6.38. The summed E-state index contributed by atoms with van der Waals surface area (Å²) in [7, 11) is 0. The van der Waals surface area contributed by atoms with E-state index < -0.39 is 0 Å². The van der Waals surface area contributed by atoms with Gasteiger partial charge < -0.3 is 4.74 Å². The van der Waals surface area contributed by atoms with Crippen molar-refractivity contribution in [2.24, 2.45) is 0 Å². The highest BCUT2D eigenvalue weighted by Crippen LogP contribution is 2.36. The molecule has 0 saturated carbocycles. The monoisotopic (exact) mass is 462 g/mol. The summed E-state index contributed by atoms with van der Waals surface area (Å²) in [5.41, 5.74) is 12.2. The van der Waals surface area contributed by atoms with Crippen LogP contribution in [0.5, 0.6) is 5.75 Å². The highest BCUT2D eigenvalue weighted by molar-refractivity contribution is 5.74. The summed E-state index contributed by atoms with van der Waals surface area (Å²) in [6.07, 6.45) is 5.31. The molecule has 4 rings (SSSR count). The number of rotatable bonds is 10. The summed E-state index contributed by atoms with van der Waals surface area (Å²) < 4.78 is 6.38. The Hall–Kier alpha value is -3.32. The number of aryl methyl sites for hydroxylation is 4. The van der Waals surface area contributed by atoms with Crippen LogP contribution in [-0.2, 0) is 32.3 Å². The number of hydrogen-bond acceptors (Lipinski definition) is 1. The molecule has 0 aliphatic heterocycles. The largest absolute Gasteiger partial charge is 0.489 e. The molecule has 0 spiro atoms. The first kappa shape index (κ1) is 24.8. The van der Waals surface area contributed by atoms with Crippen molar-refractivity contribution in [3.63, 3.8) is 0 Å². The maximum Gasteiger partial charge on any atom is 0.123 e. The third kappa shape index (κ3) is 6.22. The first-order valence-electron chi connectivity index (χ1n) is 13.1. The van der Waals surface area contributed by atoms with Crippen molar-refractivity contribution < 1.29 is 4.74 Å². The van der Waals surface area contributed by atoms with Crippen LogP contribution < -0.4 is 4.74 Å². The topological polar surface area (TPSA) is 9.23 Å². The normalized spacial score (nSPS) is 11.0. The summed E-state index contributed by atoms with van der Waals surface area (Å²) in [6.45, 7) is 9.41. The Morgan fingerprint density at radius 2 is 1.23 bits per heavy atom. The summed E-state index contributed by atoms with van der Waals surface area (Å²) >= 11 is 0. The molecule has 4 aromatic carbocycles. The van der Waals surface area contributed by atoms with Gasteiger partial charge in [0, 0.05) is 5.56 Å². The van der Waals surface area contributed by atoms with E-state index in [0.717, 1.165) is 37.9 Å². The van der Waals surface area contributed by atoms with Gasteiger partial charge in [0.1, 0.15) is 12.4 Å². The van der Waals surface area contributed by atoms with Crippen LogP contribution >= 0.6 is 0 Å². The Morgan fingerprint density at radius 1 is 0.600 bits per heavy atom. The van der Waals surface area contributed by atoms with Gasteiger partial charge in [-0.25, -0.2) is 0 Å². The molecule has 1 heteroatoms. The van der Waals surface area contributed by atoms with Crippen molar-refractivity contribution in [3.05, 3.63) is 124 Å². The Bertz CT molecular complexity index is 1270. The van der Waals surface area contributed by atoms with Crippen LogP contribution in [-0.4, -0.2) is 0 Å². The standard InChI is InChI=1S/C34H38O/c1-5-11-31-29(21-20-27-14-7-12-25(3)22-27)16-9-17-33(31)32-18-10-19-34(30(32)6-2)35-24-28-15-8-13-26(4)23-28/h7-10,12-19,22-23H,5-6,11,20-21,24H2,1-4H3. The van der Waals surface area contributed by atoms with Gasteiger partial charge >= 0.3 is 0 Å². The molecule has 0 N–H and O–H groups in total. The average molecular weight is 463 g/mol. The molecule has 1 nitrogen and oxygen atoms in total. The molecule has 35 heavy (non-hydrogen) atoms. The molecule has 0 atom stereocenters. The zero-order chi connectivity index (χ0) is 24.6. The van der Waals surface area contributed by atoms with E-state index in [-0.39, 0.29) is 0 Å². The molecule has 180 valence electrons. The van der Waals surface area contributed by atoms with Crippen LogP contribution in [0.1, 0.15) is 59.2 Å². The number of benzene rings is 4. The second-order valence-electron chi connectivity index (χ2n) is 9.60. The van der Waals surface area contributed by atoms with Crippen LogP contribution in [0, 0.1) is 13.8 Å². The highest BCUT2D eigenvalue weighted by Gasteiger charge is 2.15. The van der Waals surface area contributed by atoms with Crippen molar-refractivity contribution >= 4 is 0 Å². The lowest BCUT2D eigenvalue weighted by molar-refractivity contribution is 0.303. The minimum atomic E-state index is 0.594. The van der Waals surface area contributed by atoms with Gasteiger partial charge in [-0.05, 0) is 79.0 Å². The van der Waals surface area contributed by atoms with Gasteiger partial charge in [-0.2, -0.15) is 0 Å². The molecule has 0 amide bonds. The minimum absolute atomic E-state index is 0.594. The summed E-state index contributed by atoms with van der Waals surface area (Å²) in [5, 5.41) is 0. The van der Waals surface area contributed by atoms with Gasteiger partial charge in [0.2, 0.25) is 0 Å². The van der Waals surface area contributed by atoms with E-state index >= 15 is 0 Å².